The van der Waals surface area contributed by atoms with Gasteiger partial charge in [0.1, 0.15) is 18.1 Å². The van der Waals surface area contributed by atoms with Gasteiger partial charge in [-0.25, -0.2) is 4.79 Å². The fraction of sp³-hybridized carbons (Fsp3) is 0.583. The van der Waals surface area contributed by atoms with Gasteiger partial charge in [0.25, 0.3) is 0 Å². The molecular weight excluding hydrogens is 328 g/mol. The number of hydrogen-bond donors (Lipinski definition) is 6. The third-order valence-electron chi connectivity index (χ3n) is 3.15. The van der Waals surface area contributed by atoms with Crippen molar-refractivity contribution in [3.05, 3.63) is 0 Å². The van der Waals surface area contributed by atoms with Gasteiger partial charge in [-0.2, -0.15) is 12.6 Å². The van der Waals surface area contributed by atoms with Crippen LogP contribution in [0, 0.1) is 0 Å². The number of primary amides is 1. The number of nitrogens with one attached hydrogen (secondary N) is 3. The minimum atomic E-state index is -1.33. The molecule has 23 heavy (non-hydrogen) atoms. The van der Waals surface area contributed by atoms with E-state index in [9.17, 15) is 24.0 Å². The highest BCUT2D eigenvalue weighted by Crippen LogP contribution is 2.07. The summed E-state index contributed by atoms with van der Waals surface area (Å²) in [6, 6.07) is -3.41. The summed E-state index contributed by atoms with van der Waals surface area (Å²) in [4.78, 5) is 57.1. The number of aliphatic carboxylic acids is 1. The van der Waals surface area contributed by atoms with Crippen molar-refractivity contribution in [1.29, 1.82) is 0 Å². The van der Waals surface area contributed by atoms with E-state index < -0.39 is 48.2 Å². The molecule has 1 aliphatic heterocycles. The molecule has 1 fully saturated rings. The SMILES string of the molecule is NC(=O)CC(NC(=O)C1CCC(=O)N1)C(=O)NC(CS)C(=O)O. The van der Waals surface area contributed by atoms with Gasteiger partial charge in [-0.05, 0) is 6.42 Å². The van der Waals surface area contributed by atoms with Crippen molar-refractivity contribution in [3.8, 4) is 0 Å². The van der Waals surface area contributed by atoms with E-state index in [-0.39, 0.29) is 24.5 Å². The molecule has 0 spiro atoms. The second kappa shape index (κ2) is 8.36. The molecule has 0 aromatic carbocycles. The molecule has 0 aliphatic carbocycles. The molecule has 1 rings (SSSR count). The van der Waals surface area contributed by atoms with Crippen LogP contribution < -0.4 is 21.7 Å². The highest BCUT2D eigenvalue weighted by Gasteiger charge is 2.32. The van der Waals surface area contributed by atoms with Crippen LogP contribution in [0.3, 0.4) is 0 Å². The van der Waals surface area contributed by atoms with Gasteiger partial charge in [0.15, 0.2) is 0 Å². The Labute approximate surface area is 136 Å². The summed E-state index contributed by atoms with van der Waals surface area (Å²) in [7, 11) is 0. The van der Waals surface area contributed by atoms with Gasteiger partial charge in [0.2, 0.25) is 23.6 Å². The van der Waals surface area contributed by atoms with Crippen LogP contribution in [0.25, 0.3) is 0 Å². The van der Waals surface area contributed by atoms with E-state index >= 15 is 0 Å². The van der Waals surface area contributed by atoms with Crippen molar-refractivity contribution in [1.82, 2.24) is 16.0 Å². The zero-order valence-corrected chi connectivity index (χ0v) is 13.0. The van der Waals surface area contributed by atoms with Crippen molar-refractivity contribution in [3.63, 3.8) is 0 Å². The Balaban J connectivity index is 2.72. The molecule has 0 aromatic heterocycles. The summed E-state index contributed by atoms with van der Waals surface area (Å²) in [5.41, 5.74) is 5.03. The third-order valence-corrected chi connectivity index (χ3v) is 3.51. The summed E-state index contributed by atoms with van der Waals surface area (Å²) in [6.45, 7) is 0. The van der Waals surface area contributed by atoms with Crippen LogP contribution >= 0.6 is 12.6 Å². The van der Waals surface area contributed by atoms with Crippen LogP contribution in [0.5, 0.6) is 0 Å². The lowest BCUT2D eigenvalue weighted by Gasteiger charge is -2.21. The van der Waals surface area contributed by atoms with Gasteiger partial charge in [-0.1, -0.05) is 0 Å². The first kappa shape index (κ1) is 18.7. The van der Waals surface area contributed by atoms with Gasteiger partial charge in [0, 0.05) is 12.2 Å². The van der Waals surface area contributed by atoms with E-state index in [2.05, 4.69) is 28.6 Å². The van der Waals surface area contributed by atoms with Crippen molar-refractivity contribution in [2.45, 2.75) is 37.4 Å². The number of carboxylic acid groups (broad SMARTS) is 1. The van der Waals surface area contributed by atoms with Crippen LogP contribution in [0.4, 0.5) is 0 Å². The van der Waals surface area contributed by atoms with E-state index in [0.717, 1.165) is 0 Å². The molecule has 3 atom stereocenters. The first-order valence-electron chi connectivity index (χ1n) is 6.76. The third kappa shape index (κ3) is 5.77. The molecule has 1 aliphatic rings. The number of carbonyl (C=O) groups is 5. The molecule has 11 heteroatoms. The topological polar surface area (TPSA) is 168 Å². The lowest BCUT2D eigenvalue weighted by Crippen LogP contribution is -2.55. The summed E-state index contributed by atoms with van der Waals surface area (Å²) in [5.74, 6) is -4.13. The molecule has 6 N–H and O–H groups in total. The van der Waals surface area contributed by atoms with Crippen molar-refractivity contribution in [2.75, 3.05) is 5.75 Å². The van der Waals surface area contributed by atoms with Crippen molar-refractivity contribution >= 4 is 42.2 Å². The average molecular weight is 346 g/mol. The van der Waals surface area contributed by atoms with Crippen molar-refractivity contribution in [2.24, 2.45) is 5.73 Å². The van der Waals surface area contributed by atoms with E-state index in [1.807, 2.05) is 0 Å². The highest BCUT2D eigenvalue weighted by atomic mass is 32.1. The molecule has 4 amide bonds. The molecule has 10 nitrogen and oxygen atoms in total. The van der Waals surface area contributed by atoms with Gasteiger partial charge in [-0.3, -0.25) is 19.2 Å². The van der Waals surface area contributed by atoms with Crippen LogP contribution in [0.15, 0.2) is 0 Å². The molecule has 128 valence electrons. The first-order chi connectivity index (χ1) is 10.7. The van der Waals surface area contributed by atoms with Crippen LogP contribution in [-0.4, -0.2) is 58.6 Å². The Bertz CT molecular complexity index is 526. The minimum absolute atomic E-state index is 0.170. The van der Waals surface area contributed by atoms with E-state index in [0.29, 0.717) is 0 Å². The fourth-order valence-electron chi connectivity index (χ4n) is 1.95. The first-order valence-corrected chi connectivity index (χ1v) is 7.40. The number of carboxylic acids is 1. The normalized spacial score (nSPS) is 19.3. The summed E-state index contributed by atoms with van der Waals surface area (Å²) in [5, 5.41) is 15.7. The van der Waals surface area contributed by atoms with E-state index in [4.69, 9.17) is 10.8 Å². The number of hydrogen-bond acceptors (Lipinski definition) is 6. The van der Waals surface area contributed by atoms with Crippen molar-refractivity contribution < 1.29 is 29.1 Å². The van der Waals surface area contributed by atoms with Gasteiger partial charge in [-0.15, -0.1) is 0 Å². The average Bonchev–Trinajstić information content (AvgIpc) is 2.89. The Kier molecular flexibility index (Phi) is 6.82. The van der Waals surface area contributed by atoms with Gasteiger partial charge >= 0.3 is 5.97 Å². The zero-order chi connectivity index (χ0) is 17.6. The molecule has 1 heterocycles. The second-order valence-electron chi connectivity index (χ2n) is 4.97. The van der Waals surface area contributed by atoms with Gasteiger partial charge < -0.3 is 26.8 Å². The maximum atomic E-state index is 12.0. The maximum Gasteiger partial charge on any atom is 0.327 e. The lowest BCUT2D eigenvalue weighted by atomic mass is 10.1. The summed E-state index contributed by atoms with van der Waals surface area (Å²) >= 11 is 3.80. The summed E-state index contributed by atoms with van der Waals surface area (Å²) < 4.78 is 0. The number of rotatable bonds is 8. The Morgan fingerprint density at radius 3 is 2.39 bits per heavy atom. The quantitative estimate of drug-likeness (QED) is 0.258. The summed E-state index contributed by atoms with van der Waals surface area (Å²) in [6.07, 6.45) is -0.0490. The Morgan fingerprint density at radius 2 is 1.96 bits per heavy atom. The monoisotopic (exact) mass is 346 g/mol. The highest BCUT2D eigenvalue weighted by molar-refractivity contribution is 7.80. The largest absolute Gasteiger partial charge is 0.480 e. The van der Waals surface area contributed by atoms with E-state index in [1.54, 1.807) is 0 Å². The number of nitrogens with two attached hydrogens (primary N) is 1. The smallest absolute Gasteiger partial charge is 0.327 e. The predicted molar refractivity (Wildman–Crippen MR) is 80.3 cm³/mol. The number of carbonyl (C=O) groups excluding carboxylic acids is 4. The van der Waals surface area contributed by atoms with Crippen LogP contribution in [-0.2, 0) is 24.0 Å². The molecule has 0 bridgehead atoms. The lowest BCUT2D eigenvalue weighted by molar-refractivity contribution is -0.141. The molecule has 3 unspecified atom stereocenters. The molecule has 0 saturated carbocycles. The van der Waals surface area contributed by atoms with Crippen LogP contribution in [0.1, 0.15) is 19.3 Å². The molecule has 1 saturated heterocycles. The Morgan fingerprint density at radius 1 is 1.30 bits per heavy atom. The van der Waals surface area contributed by atoms with Gasteiger partial charge in [0.05, 0.1) is 6.42 Å². The number of amides is 4. The maximum absolute atomic E-state index is 12.0. The molecular formula is C12H18N4O6S. The zero-order valence-electron chi connectivity index (χ0n) is 12.1. The fourth-order valence-corrected chi connectivity index (χ4v) is 2.20. The molecule has 0 aromatic rings. The molecule has 0 radical (unpaired) electrons. The second-order valence-corrected chi connectivity index (χ2v) is 5.34. The van der Waals surface area contributed by atoms with Crippen LogP contribution in [0.2, 0.25) is 0 Å². The number of thiol groups is 1. The standard InChI is InChI=1S/C12H18N4O6S/c13-8(17)3-6(11(20)16-7(4-23)12(21)22)15-10(19)5-1-2-9(18)14-5/h5-7,23H,1-4H2,(H2,13,17)(H,14,18)(H,15,19)(H,16,20)(H,21,22). The minimum Gasteiger partial charge on any atom is -0.480 e. The Hall–Kier alpha value is -2.30. The van der Waals surface area contributed by atoms with E-state index in [1.165, 1.54) is 0 Å². The predicted octanol–water partition coefficient (Wildman–Crippen LogP) is -2.88.